The van der Waals surface area contributed by atoms with E-state index in [1.807, 2.05) is 11.8 Å². The Morgan fingerprint density at radius 3 is 2.50 bits per heavy atom. The Bertz CT molecular complexity index is 585. The van der Waals surface area contributed by atoms with Crippen molar-refractivity contribution in [2.75, 3.05) is 6.61 Å². The molecule has 1 atom stereocenters. The van der Waals surface area contributed by atoms with Crippen molar-refractivity contribution in [3.63, 3.8) is 0 Å². The largest absolute Gasteiger partial charge is 0.492 e. The molecular weight excluding hydrogens is 264 g/mol. The summed E-state index contributed by atoms with van der Waals surface area (Å²) in [7, 11) is 0. The maximum atomic E-state index is 6.12. The van der Waals surface area contributed by atoms with Crippen molar-refractivity contribution in [1.29, 1.82) is 0 Å². The third kappa shape index (κ3) is 2.71. The molecule has 0 bridgehead atoms. The molecule has 104 valence electrons. The van der Waals surface area contributed by atoms with Crippen LogP contribution in [0.3, 0.4) is 0 Å². The van der Waals surface area contributed by atoms with E-state index in [0.717, 1.165) is 18.8 Å². The Morgan fingerprint density at radius 2 is 1.80 bits per heavy atom. The topological polar surface area (TPSA) is 9.23 Å². The van der Waals surface area contributed by atoms with Gasteiger partial charge in [0.15, 0.2) is 0 Å². The predicted octanol–water partition coefficient (Wildman–Crippen LogP) is 4.71. The summed E-state index contributed by atoms with van der Waals surface area (Å²) in [5.74, 6) is 1.06. The molecule has 0 amide bonds. The van der Waals surface area contributed by atoms with E-state index < -0.39 is 0 Å². The molecule has 0 aromatic heterocycles. The highest BCUT2D eigenvalue weighted by atomic mass is 32.2. The fraction of sp³-hybridized carbons (Fsp3) is 0.333. The van der Waals surface area contributed by atoms with Crippen molar-refractivity contribution in [2.45, 2.75) is 37.3 Å². The van der Waals surface area contributed by atoms with Crippen molar-refractivity contribution >= 4 is 11.8 Å². The number of thioether (sulfide) groups is 1. The fourth-order valence-corrected chi connectivity index (χ4v) is 4.14. The maximum absolute atomic E-state index is 6.12. The van der Waals surface area contributed by atoms with Gasteiger partial charge in [0, 0.05) is 10.1 Å². The number of rotatable bonds is 3. The van der Waals surface area contributed by atoms with Gasteiger partial charge in [0.2, 0.25) is 0 Å². The van der Waals surface area contributed by atoms with E-state index in [4.69, 9.17) is 4.74 Å². The summed E-state index contributed by atoms with van der Waals surface area (Å²) < 4.78 is 6.12. The van der Waals surface area contributed by atoms with Crippen LogP contribution in [-0.4, -0.2) is 11.9 Å². The molecule has 1 nitrogen and oxygen atoms in total. The summed E-state index contributed by atoms with van der Waals surface area (Å²) in [4.78, 5) is 1.42. The molecular formula is C18H20OS. The van der Waals surface area contributed by atoms with E-state index in [1.165, 1.54) is 27.1 Å². The highest BCUT2D eigenvalue weighted by molar-refractivity contribution is 8.00. The van der Waals surface area contributed by atoms with Gasteiger partial charge in [-0.25, -0.2) is 0 Å². The van der Waals surface area contributed by atoms with Crippen LogP contribution in [0.15, 0.2) is 41.3 Å². The first-order valence-corrected chi connectivity index (χ1v) is 7.96. The Kier molecular flexibility index (Phi) is 3.75. The fourth-order valence-electron chi connectivity index (χ4n) is 2.92. The minimum absolute atomic E-state index is 0.535. The van der Waals surface area contributed by atoms with E-state index >= 15 is 0 Å². The molecule has 1 unspecified atom stereocenters. The average molecular weight is 284 g/mol. The van der Waals surface area contributed by atoms with E-state index in [0.29, 0.717) is 5.25 Å². The molecule has 2 aromatic rings. The zero-order chi connectivity index (χ0) is 14.1. The molecule has 3 rings (SSSR count). The van der Waals surface area contributed by atoms with Gasteiger partial charge in [0.05, 0.1) is 0 Å². The summed E-state index contributed by atoms with van der Waals surface area (Å²) >= 11 is 1.95. The van der Waals surface area contributed by atoms with Gasteiger partial charge in [-0.15, -0.1) is 11.8 Å². The van der Waals surface area contributed by atoms with E-state index in [9.17, 15) is 0 Å². The van der Waals surface area contributed by atoms with Gasteiger partial charge in [-0.05, 0) is 49.9 Å². The molecule has 1 aliphatic rings. The van der Waals surface area contributed by atoms with E-state index in [2.05, 4.69) is 57.2 Å². The number of hydrogen-bond donors (Lipinski definition) is 0. The lowest BCUT2D eigenvalue weighted by Crippen LogP contribution is -2.14. The minimum atomic E-state index is 0.535. The van der Waals surface area contributed by atoms with Gasteiger partial charge >= 0.3 is 0 Å². The summed E-state index contributed by atoms with van der Waals surface area (Å²) in [5, 5.41) is 0.535. The van der Waals surface area contributed by atoms with Crippen molar-refractivity contribution in [3.8, 4) is 5.75 Å². The normalized spacial score (nSPS) is 17.1. The average Bonchev–Trinajstić information content (AvgIpc) is 2.80. The van der Waals surface area contributed by atoms with Crippen LogP contribution in [0.5, 0.6) is 5.75 Å². The molecule has 2 heteroatoms. The summed E-state index contributed by atoms with van der Waals surface area (Å²) in [5.41, 5.74) is 5.24. The molecule has 0 spiro atoms. The van der Waals surface area contributed by atoms with Crippen LogP contribution in [0, 0.1) is 20.8 Å². The quantitative estimate of drug-likeness (QED) is 0.807. The number of hydrogen-bond acceptors (Lipinski definition) is 2. The van der Waals surface area contributed by atoms with Crippen molar-refractivity contribution in [3.05, 3.63) is 58.7 Å². The number of benzene rings is 2. The zero-order valence-electron chi connectivity index (χ0n) is 12.3. The Balaban J connectivity index is 1.67. The first-order valence-electron chi connectivity index (χ1n) is 7.08. The lowest BCUT2D eigenvalue weighted by Gasteiger charge is -2.15. The standard InChI is InChI=1S/C18H20OS/c1-12-8-13(2)18(14(3)9-12)19-11-16-10-15-6-4-5-7-17(15)20-16/h4-9,16H,10-11H2,1-3H3. The molecule has 0 saturated carbocycles. The monoisotopic (exact) mass is 284 g/mol. The number of fused-ring (bicyclic) bond motifs is 1. The molecule has 20 heavy (non-hydrogen) atoms. The van der Waals surface area contributed by atoms with Gasteiger partial charge in [-0.3, -0.25) is 0 Å². The summed E-state index contributed by atoms with van der Waals surface area (Å²) in [6.45, 7) is 7.18. The molecule has 0 radical (unpaired) electrons. The third-order valence-electron chi connectivity index (χ3n) is 3.73. The minimum Gasteiger partial charge on any atom is -0.492 e. The van der Waals surface area contributed by atoms with Crippen LogP contribution in [0.2, 0.25) is 0 Å². The molecule has 1 aliphatic heterocycles. The Hall–Kier alpha value is -1.41. The van der Waals surface area contributed by atoms with Crippen LogP contribution in [0.4, 0.5) is 0 Å². The third-order valence-corrected chi connectivity index (χ3v) is 5.02. The van der Waals surface area contributed by atoms with Crippen LogP contribution in [0.1, 0.15) is 22.3 Å². The zero-order valence-corrected chi connectivity index (χ0v) is 13.1. The molecule has 1 heterocycles. The van der Waals surface area contributed by atoms with E-state index in [1.54, 1.807) is 0 Å². The maximum Gasteiger partial charge on any atom is 0.125 e. The molecule has 0 N–H and O–H groups in total. The summed E-state index contributed by atoms with van der Waals surface area (Å²) in [6, 6.07) is 13.1. The second kappa shape index (κ2) is 5.53. The highest BCUT2D eigenvalue weighted by Gasteiger charge is 2.22. The lowest BCUT2D eigenvalue weighted by atomic mass is 10.1. The first-order chi connectivity index (χ1) is 9.63. The molecule has 0 aliphatic carbocycles. The molecule has 2 aromatic carbocycles. The first kappa shape index (κ1) is 13.6. The van der Waals surface area contributed by atoms with Crippen LogP contribution >= 0.6 is 11.8 Å². The van der Waals surface area contributed by atoms with Crippen LogP contribution in [0.25, 0.3) is 0 Å². The number of ether oxygens (including phenoxy) is 1. The van der Waals surface area contributed by atoms with Crippen molar-refractivity contribution in [2.24, 2.45) is 0 Å². The summed E-state index contributed by atoms with van der Waals surface area (Å²) in [6.07, 6.45) is 1.12. The van der Waals surface area contributed by atoms with E-state index in [-0.39, 0.29) is 0 Å². The second-order valence-electron chi connectivity index (χ2n) is 5.59. The van der Waals surface area contributed by atoms with Gasteiger partial charge in [0.1, 0.15) is 12.4 Å². The SMILES string of the molecule is Cc1cc(C)c(OCC2Cc3ccccc3S2)c(C)c1. The lowest BCUT2D eigenvalue weighted by molar-refractivity contribution is 0.313. The molecule has 0 fully saturated rings. The van der Waals surface area contributed by atoms with Crippen molar-refractivity contribution in [1.82, 2.24) is 0 Å². The highest BCUT2D eigenvalue weighted by Crippen LogP contribution is 2.37. The predicted molar refractivity (Wildman–Crippen MR) is 85.9 cm³/mol. The Morgan fingerprint density at radius 1 is 1.10 bits per heavy atom. The molecule has 0 saturated heterocycles. The van der Waals surface area contributed by atoms with Crippen LogP contribution < -0.4 is 4.74 Å². The van der Waals surface area contributed by atoms with Crippen molar-refractivity contribution < 1.29 is 4.74 Å². The second-order valence-corrected chi connectivity index (χ2v) is 6.93. The van der Waals surface area contributed by atoms with Crippen LogP contribution in [-0.2, 0) is 6.42 Å². The van der Waals surface area contributed by atoms with Gasteiger partial charge in [0.25, 0.3) is 0 Å². The van der Waals surface area contributed by atoms with Gasteiger partial charge < -0.3 is 4.74 Å². The smallest absolute Gasteiger partial charge is 0.125 e. The number of aryl methyl sites for hydroxylation is 3. The Labute approximate surface area is 125 Å². The van der Waals surface area contributed by atoms with Gasteiger partial charge in [-0.1, -0.05) is 35.9 Å². The van der Waals surface area contributed by atoms with Gasteiger partial charge in [-0.2, -0.15) is 0 Å².